The van der Waals surface area contributed by atoms with Crippen molar-refractivity contribution in [3.8, 4) is 0 Å². The summed E-state index contributed by atoms with van der Waals surface area (Å²) in [6.45, 7) is 0.572. The van der Waals surface area contributed by atoms with Crippen molar-refractivity contribution < 1.29 is 0 Å². The number of thiol groups is 1. The third-order valence-corrected chi connectivity index (χ3v) is 1.30. The Kier molecular flexibility index (Phi) is 2.50. The molecule has 0 saturated carbocycles. The lowest BCUT2D eigenvalue weighted by molar-refractivity contribution is 0.622. The minimum Gasteiger partial charge on any atom is -0.268 e. The van der Waals surface area contributed by atoms with Crippen LogP contribution in [-0.4, -0.2) is 15.5 Å². The zero-order valence-electron chi connectivity index (χ0n) is 5.40. The SMILES string of the molecule is O=c1cccnn1CCS. The number of hydrogen-bond donors (Lipinski definition) is 1. The summed E-state index contributed by atoms with van der Waals surface area (Å²) in [5.41, 5.74) is -0.0726. The summed E-state index contributed by atoms with van der Waals surface area (Å²) in [6.07, 6.45) is 1.59. The Labute approximate surface area is 64.1 Å². The van der Waals surface area contributed by atoms with Crippen LogP contribution >= 0.6 is 12.6 Å². The molecule has 0 aliphatic heterocycles. The molecular weight excluding hydrogens is 148 g/mol. The standard InChI is InChI=1S/C6H8N2OS/c9-6-2-1-3-7-8(6)4-5-10/h1-3,10H,4-5H2. The van der Waals surface area contributed by atoms with E-state index in [1.807, 2.05) is 0 Å². The normalized spacial score (nSPS) is 9.70. The number of nitrogens with zero attached hydrogens (tertiary/aromatic N) is 2. The highest BCUT2D eigenvalue weighted by Crippen LogP contribution is 1.78. The zero-order chi connectivity index (χ0) is 7.40. The van der Waals surface area contributed by atoms with E-state index >= 15 is 0 Å². The highest BCUT2D eigenvalue weighted by molar-refractivity contribution is 7.80. The molecule has 0 amide bonds. The first-order chi connectivity index (χ1) is 4.84. The predicted molar refractivity (Wildman–Crippen MR) is 42.4 cm³/mol. The van der Waals surface area contributed by atoms with Crippen molar-refractivity contribution in [1.82, 2.24) is 9.78 Å². The average Bonchev–Trinajstić information content (AvgIpc) is 1.94. The first-order valence-electron chi connectivity index (χ1n) is 2.97. The van der Waals surface area contributed by atoms with Crippen molar-refractivity contribution >= 4 is 12.6 Å². The van der Waals surface area contributed by atoms with Crippen molar-refractivity contribution in [3.05, 3.63) is 28.7 Å². The summed E-state index contributed by atoms with van der Waals surface area (Å²) in [5.74, 6) is 0.636. The Morgan fingerprint density at radius 3 is 3.10 bits per heavy atom. The van der Waals surface area contributed by atoms with Crippen LogP contribution in [0.15, 0.2) is 23.1 Å². The molecule has 1 heterocycles. The fourth-order valence-corrected chi connectivity index (χ4v) is 0.839. The van der Waals surface area contributed by atoms with Gasteiger partial charge in [0.1, 0.15) is 0 Å². The van der Waals surface area contributed by atoms with Crippen LogP contribution in [0.2, 0.25) is 0 Å². The van der Waals surface area contributed by atoms with Crippen molar-refractivity contribution in [1.29, 1.82) is 0 Å². The summed E-state index contributed by atoms with van der Waals surface area (Å²) in [6, 6.07) is 3.10. The molecule has 1 aromatic heterocycles. The highest BCUT2D eigenvalue weighted by atomic mass is 32.1. The Morgan fingerprint density at radius 1 is 1.70 bits per heavy atom. The largest absolute Gasteiger partial charge is 0.268 e. The van der Waals surface area contributed by atoms with E-state index in [0.29, 0.717) is 12.3 Å². The molecule has 0 bridgehead atoms. The fraction of sp³-hybridized carbons (Fsp3) is 0.333. The van der Waals surface area contributed by atoms with Gasteiger partial charge in [-0.05, 0) is 6.07 Å². The fourth-order valence-electron chi connectivity index (χ4n) is 0.650. The molecule has 0 fully saturated rings. The van der Waals surface area contributed by atoms with Gasteiger partial charge in [-0.3, -0.25) is 4.79 Å². The van der Waals surface area contributed by atoms with Gasteiger partial charge in [0, 0.05) is 18.0 Å². The van der Waals surface area contributed by atoms with Gasteiger partial charge in [0.05, 0.1) is 6.54 Å². The molecule has 4 heteroatoms. The second-order valence-corrected chi connectivity index (χ2v) is 2.26. The highest BCUT2D eigenvalue weighted by Gasteiger charge is 1.90. The van der Waals surface area contributed by atoms with Crippen LogP contribution in [0.4, 0.5) is 0 Å². The molecule has 1 aromatic rings. The van der Waals surface area contributed by atoms with Gasteiger partial charge in [-0.2, -0.15) is 17.7 Å². The molecule has 0 N–H and O–H groups in total. The van der Waals surface area contributed by atoms with Crippen LogP contribution in [0.3, 0.4) is 0 Å². The minimum absolute atomic E-state index is 0.0726. The summed E-state index contributed by atoms with van der Waals surface area (Å²) < 4.78 is 1.38. The average molecular weight is 156 g/mol. The molecule has 1 rings (SSSR count). The van der Waals surface area contributed by atoms with E-state index in [4.69, 9.17) is 0 Å². The second-order valence-electron chi connectivity index (χ2n) is 1.81. The first kappa shape index (κ1) is 7.34. The lowest BCUT2D eigenvalue weighted by Gasteiger charge is -1.97. The van der Waals surface area contributed by atoms with E-state index in [0.717, 1.165) is 0 Å². The van der Waals surface area contributed by atoms with E-state index in [1.165, 1.54) is 10.7 Å². The van der Waals surface area contributed by atoms with Gasteiger partial charge in [-0.1, -0.05) is 0 Å². The minimum atomic E-state index is -0.0726. The van der Waals surface area contributed by atoms with Gasteiger partial charge < -0.3 is 0 Å². The van der Waals surface area contributed by atoms with Crippen LogP contribution in [-0.2, 0) is 6.54 Å². The third-order valence-electron chi connectivity index (χ3n) is 1.10. The lowest BCUT2D eigenvalue weighted by atomic mass is 10.6. The molecule has 10 heavy (non-hydrogen) atoms. The number of hydrogen-bond acceptors (Lipinski definition) is 3. The van der Waals surface area contributed by atoms with Crippen molar-refractivity contribution in [2.24, 2.45) is 0 Å². The Morgan fingerprint density at radius 2 is 2.50 bits per heavy atom. The smallest absolute Gasteiger partial charge is 0.266 e. The second kappa shape index (κ2) is 3.41. The van der Waals surface area contributed by atoms with E-state index in [9.17, 15) is 4.79 Å². The number of rotatable bonds is 2. The molecule has 54 valence electrons. The number of aryl methyl sites for hydroxylation is 1. The molecule has 0 aromatic carbocycles. The predicted octanol–water partition coefficient (Wildman–Crippen LogP) is 0.173. The third kappa shape index (κ3) is 1.60. The summed E-state index contributed by atoms with van der Waals surface area (Å²) in [7, 11) is 0. The van der Waals surface area contributed by atoms with Crippen LogP contribution in [0.5, 0.6) is 0 Å². The van der Waals surface area contributed by atoms with Gasteiger partial charge in [0.2, 0.25) is 0 Å². The van der Waals surface area contributed by atoms with Crippen molar-refractivity contribution in [2.75, 3.05) is 5.75 Å². The monoisotopic (exact) mass is 156 g/mol. The molecule has 0 aliphatic carbocycles. The molecular formula is C6H8N2OS. The molecule has 0 radical (unpaired) electrons. The quantitative estimate of drug-likeness (QED) is 0.620. The van der Waals surface area contributed by atoms with Crippen LogP contribution in [0, 0.1) is 0 Å². The van der Waals surface area contributed by atoms with Gasteiger partial charge in [0.25, 0.3) is 5.56 Å². The summed E-state index contributed by atoms with van der Waals surface area (Å²) in [4.78, 5) is 10.9. The molecule has 3 nitrogen and oxygen atoms in total. The Balaban J connectivity index is 2.92. The molecule has 0 unspecified atom stereocenters. The van der Waals surface area contributed by atoms with E-state index in [1.54, 1.807) is 12.3 Å². The van der Waals surface area contributed by atoms with Crippen molar-refractivity contribution in [3.63, 3.8) is 0 Å². The maximum Gasteiger partial charge on any atom is 0.266 e. The van der Waals surface area contributed by atoms with Crippen LogP contribution in [0.1, 0.15) is 0 Å². The number of aromatic nitrogens is 2. The first-order valence-corrected chi connectivity index (χ1v) is 3.61. The van der Waals surface area contributed by atoms with Crippen molar-refractivity contribution in [2.45, 2.75) is 6.54 Å². The maximum atomic E-state index is 10.9. The van der Waals surface area contributed by atoms with Crippen LogP contribution in [0.25, 0.3) is 0 Å². The van der Waals surface area contributed by atoms with E-state index in [-0.39, 0.29) is 5.56 Å². The maximum absolute atomic E-state index is 10.9. The summed E-state index contributed by atoms with van der Waals surface area (Å²) >= 11 is 3.98. The molecule has 0 aliphatic rings. The van der Waals surface area contributed by atoms with Gasteiger partial charge >= 0.3 is 0 Å². The zero-order valence-corrected chi connectivity index (χ0v) is 6.29. The summed E-state index contributed by atoms with van der Waals surface area (Å²) in [5, 5.41) is 3.82. The molecule has 0 atom stereocenters. The van der Waals surface area contributed by atoms with E-state index in [2.05, 4.69) is 17.7 Å². The van der Waals surface area contributed by atoms with Gasteiger partial charge in [0.15, 0.2) is 0 Å². The molecule has 0 saturated heterocycles. The van der Waals surface area contributed by atoms with E-state index < -0.39 is 0 Å². The topological polar surface area (TPSA) is 34.9 Å². The van der Waals surface area contributed by atoms with Gasteiger partial charge in [-0.15, -0.1) is 0 Å². The van der Waals surface area contributed by atoms with Gasteiger partial charge in [-0.25, -0.2) is 4.68 Å². The Hall–Kier alpha value is -0.770. The Bertz CT molecular complexity index is 258. The molecule has 0 spiro atoms. The lowest BCUT2D eigenvalue weighted by Crippen LogP contribution is -2.21. The van der Waals surface area contributed by atoms with Crippen LogP contribution < -0.4 is 5.56 Å².